The van der Waals surface area contributed by atoms with Gasteiger partial charge in [-0.25, -0.2) is 4.99 Å². The first-order valence-corrected chi connectivity index (χ1v) is 6.96. The summed E-state index contributed by atoms with van der Waals surface area (Å²) >= 11 is 5.95. The lowest BCUT2D eigenvalue weighted by Crippen LogP contribution is -2.12. The molecular formula is C16H10ClN3O2. The van der Waals surface area contributed by atoms with Crippen molar-refractivity contribution < 1.29 is 9.90 Å². The summed E-state index contributed by atoms with van der Waals surface area (Å²) < 4.78 is 0. The minimum atomic E-state index is -0.292. The smallest absolute Gasteiger partial charge is 0.216 e. The van der Waals surface area contributed by atoms with Crippen LogP contribution in [0.5, 0.6) is 5.88 Å². The van der Waals surface area contributed by atoms with E-state index in [0.29, 0.717) is 38.4 Å². The summed E-state index contributed by atoms with van der Waals surface area (Å²) in [7, 11) is 0. The monoisotopic (exact) mass is 311 g/mol. The molecule has 0 spiro atoms. The molecule has 5 nitrogen and oxygen atoms in total. The van der Waals surface area contributed by atoms with Crippen molar-refractivity contribution in [1.29, 1.82) is 0 Å². The minimum Gasteiger partial charge on any atom is -0.494 e. The molecule has 6 heteroatoms. The Hall–Kier alpha value is -2.79. The highest BCUT2D eigenvalue weighted by Gasteiger charge is 2.31. The van der Waals surface area contributed by atoms with Crippen molar-refractivity contribution in [2.24, 2.45) is 4.99 Å². The van der Waals surface area contributed by atoms with Gasteiger partial charge in [-0.2, -0.15) is 0 Å². The maximum absolute atomic E-state index is 12.6. The van der Waals surface area contributed by atoms with Crippen molar-refractivity contribution in [3.8, 4) is 5.88 Å². The zero-order chi connectivity index (χ0) is 15.4. The number of carbonyl (C=O) groups excluding carboxylic acids is 1. The van der Waals surface area contributed by atoms with E-state index in [1.165, 1.54) is 0 Å². The predicted octanol–water partition coefficient (Wildman–Crippen LogP) is 3.43. The molecule has 22 heavy (non-hydrogen) atoms. The number of rotatable bonds is 1. The van der Waals surface area contributed by atoms with E-state index in [1.807, 2.05) is 0 Å². The van der Waals surface area contributed by atoms with E-state index in [2.05, 4.69) is 9.98 Å². The first kappa shape index (κ1) is 12.9. The number of nitrogens with two attached hydrogens (primary N) is 1. The van der Waals surface area contributed by atoms with Gasteiger partial charge in [-0.05, 0) is 24.3 Å². The van der Waals surface area contributed by atoms with Crippen LogP contribution >= 0.6 is 11.6 Å². The number of H-pyrrole nitrogens is 1. The third-order valence-electron chi connectivity index (χ3n) is 3.73. The van der Waals surface area contributed by atoms with Crippen molar-refractivity contribution in [3.05, 3.63) is 52.5 Å². The van der Waals surface area contributed by atoms with Crippen LogP contribution in [0.15, 0.2) is 41.4 Å². The fourth-order valence-corrected chi connectivity index (χ4v) is 2.92. The molecule has 4 rings (SSSR count). The van der Waals surface area contributed by atoms with Crippen LogP contribution in [0.1, 0.15) is 15.9 Å². The lowest BCUT2D eigenvalue weighted by atomic mass is 10.0. The molecule has 2 heterocycles. The van der Waals surface area contributed by atoms with E-state index in [-0.39, 0.29) is 17.4 Å². The van der Waals surface area contributed by atoms with Crippen molar-refractivity contribution in [2.45, 2.75) is 0 Å². The molecular weight excluding hydrogens is 302 g/mol. The number of benzene rings is 2. The quantitative estimate of drug-likeness (QED) is 0.601. The predicted molar refractivity (Wildman–Crippen MR) is 86.4 cm³/mol. The fourth-order valence-electron chi connectivity index (χ4n) is 2.75. The number of aromatic hydroxyl groups is 1. The fraction of sp³-hybridized carbons (Fsp3) is 0. The second-order valence-electron chi connectivity index (χ2n) is 5.07. The largest absolute Gasteiger partial charge is 0.494 e. The third-order valence-corrected chi connectivity index (χ3v) is 3.96. The van der Waals surface area contributed by atoms with Gasteiger partial charge in [0.05, 0.1) is 22.3 Å². The van der Waals surface area contributed by atoms with E-state index in [1.54, 1.807) is 36.4 Å². The van der Waals surface area contributed by atoms with Crippen molar-refractivity contribution in [3.63, 3.8) is 0 Å². The molecule has 3 aromatic rings. The number of ketones is 1. The number of Topliss-reactive ketones (excluding diaryl/α,β-unsaturated/α-hetero) is 1. The van der Waals surface area contributed by atoms with Crippen LogP contribution in [-0.4, -0.2) is 21.6 Å². The summed E-state index contributed by atoms with van der Waals surface area (Å²) in [5, 5.41) is 11.4. The van der Waals surface area contributed by atoms with Crippen LogP contribution in [0.3, 0.4) is 0 Å². The third kappa shape index (κ3) is 1.66. The Morgan fingerprint density at radius 3 is 2.77 bits per heavy atom. The Labute approximate surface area is 130 Å². The summed E-state index contributed by atoms with van der Waals surface area (Å²) in [6.45, 7) is 0. The minimum absolute atomic E-state index is 0.115. The number of hydrogen-bond donors (Lipinski definition) is 3. The maximum Gasteiger partial charge on any atom is 0.216 e. The van der Waals surface area contributed by atoms with E-state index >= 15 is 0 Å². The molecule has 0 saturated heterocycles. The van der Waals surface area contributed by atoms with E-state index in [4.69, 9.17) is 17.3 Å². The summed E-state index contributed by atoms with van der Waals surface area (Å²) in [6, 6.07) is 10.2. The molecule has 2 aromatic carbocycles. The summed E-state index contributed by atoms with van der Waals surface area (Å²) in [6.07, 6.45) is 0. The molecule has 0 radical (unpaired) electrons. The Morgan fingerprint density at radius 1 is 1.18 bits per heavy atom. The van der Waals surface area contributed by atoms with Crippen LogP contribution in [0.4, 0.5) is 11.4 Å². The molecule has 1 aromatic heterocycles. The number of aliphatic imine (C=N–C) groups is 1. The van der Waals surface area contributed by atoms with Gasteiger partial charge in [-0.3, -0.25) is 4.79 Å². The molecule has 0 aliphatic carbocycles. The van der Waals surface area contributed by atoms with Crippen LogP contribution in [0, 0.1) is 0 Å². The van der Waals surface area contributed by atoms with Crippen LogP contribution < -0.4 is 5.73 Å². The van der Waals surface area contributed by atoms with Crippen LogP contribution in [0.25, 0.3) is 10.9 Å². The number of nitrogens with zero attached hydrogens (tertiary/aromatic N) is 1. The number of aromatic nitrogens is 1. The number of carbonyl (C=O) groups is 1. The Balaban J connectivity index is 1.97. The Morgan fingerprint density at radius 2 is 2.00 bits per heavy atom. The van der Waals surface area contributed by atoms with Gasteiger partial charge < -0.3 is 15.8 Å². The summed E-state index contributed by atoms with van der Waals surface area (Å²) in [5.41, 5.74) is 8.32. The number of hydrogen-bond acceptors (Lipinski definition) is 4. The van der Waals surface area contributed by atoms with Gasteiger partial charge in [0.2, 0.25) is 5.78 Å². The lowest BCUT2D eigenvalue weighted by molar-refractivity contribution is 0.107. The second-order valence-corrected chi connectivity index (χ2v) is 5.51. The number of halogens is 1. The van der Waals surface area contributed by atoms with E-state index in [0.717, 1.165) is 0 Å². The van der Waals surface area contributed by atoms with Crippen LogP contribution in [-0.2, 0) is 0 Å². The summed E-state index contributed by atoms with van der Waals surface area (Å²) in [4.78, 5) is 19.8. The van der Waals surface area contributed by atoms with Gasteiger partial charge in [0.25, 0.3) is 0 Å². The standard InChI is InChI=1S/C16H10ClN3O2/c17-7-4-5-8-11(6-7)20-16(22)12(8)14-15(21)13-9(18)2-1-3-10(13)19-14/h1-6,20,22H,18H2. The van der Waals surface area contributed by atoms with Crippen LogP contribution in [0.2, 0.25) is 5.02 Å². The highest BCUT2D eigenvalue weighted by Crippen LogP contribution is 2.37. The maximum atomic E-state index is 12.6. The van der Waals surface area contributed by atoms with Gasteiger partial charge in [-0.15, -0.1) is 0 Å². The molecule has 1 aliphatic heterocycles. The topological polar surface area (TPSA) is 91.5 Å². The first-order valence-electron chi connectivity index (χ1n) is 6.58. The first-order chi connectivity index (χ1) is 10.6. The Bertz CT molecular complexity index is 988. The van der Waals surface area contributed by atoms with E-state index in [9.17, 15) is 9.90 Å². The van der Waals surface area contributed by atoms with Crippen molar-refractivity contribution in [1.82, 2.24) is 4.98 Å². The molecule has 4 N–H and O–H groups in total. The van der Waals surface area contributed by atoms with Crippen molar-refractivity contribution in [2.75, 3.05) is 5.73 Å². The number of nitrogens with one attached hydrogen (secondary N) is 1. The van der Waals surface area contributed by atoms with Crippen molar-refractivity contribution >= 4 is 45.4 Å². The van der Waals surface area contributed by atoms with Gasteiger partial charge in [0, 0.05) is 16.1 Å². The highest BCUT2D eigenvalue weighted by molar-refractivity contribution is 6.57. The molecule has 0 atom stereocenters. The SMILES string of the molecule is Nc1cccc2c1C(=O)C(c1c(O)[nH]c3cc(Cl)ccc13)=N2. The normalized spacial score (nSPS) is 13.5. The molecule has 108 valence electrons. The number of anilines is 1. The van der Waals surface area contributed by atoms with Gasteiger partial charge in [0.15, 0.2) is 5.88 Å². The molecule has 0 fully saturated rings. The molecule has 0 bridgehead atoms. The molecule has 0 amide bonds. The second kappa shape index (κ2) is 4.35. The van der Waals surface area contributed by atoms with Gasteiger partial charge in [-0.1, -0.05) is 23.7 Å². The average molecular weight is 312 g/mol. The number of fused-ring (bicyclic) bond motifs is 2. The zero-order valence-corrected chi connectivity index (χ0v) is 12.0. The average Bonchev–Trinajstić information content (AvgIpc) is 2.96. The van der Waals surface area contributed by atoms with Gasteiger partial charge in [0.1, 0.15) is 5.71 Å². The molecule has 0 unspecified atom stereocenters. The zero-order valence-electron chi connectivity index (χ0n) is 11.2. The Kier molecular flexibility index (Phi) is 2.55. The lowest BCUT2D eigenvalue weighted by Gasteiger charge is -2.01. The number of aromatic amines is 1. The molecule has 0 saturated carbocycles. The number of nitrogen functional groups attached to an aromatic ring is 1. The summed E-state index contributed by atoms with van der Waals surface area (Å²) in [5.74, 6) is -0.407. The highest BCUT2D eigenvalue weighted by atomic mass is 35.5. The van der Waals surface area contributed by atoms with Gasteiger partial charge >= 0.3 is 0 Å². The van der Waals surface area contributed by atoms with E-state index < -0.39 is 0 Å². The molecule has 1 aliphatic rings.